The van der Waals surface area contributed by atoms with E-state index in [-0.39, 0.29) is 0 Å². The van der Waals surface area contributed by atoms with Gasteiger partial charge in [-0.1, -0.05) is 0 Å². The first-order valence-electron chi connectivity index (χ1n) is 2.58. The van der Waals surface area contributed by atoms with Crippen molar-refractivity contribution in [2.45, 2.75) is 13.5 Å². The Morgan fingerprint density at radius 2 is 2.38 bits per heavy atom. The van der Waals surface area contributed by atoms with Crippen molar-refractivity contribution in [1.82, 2.24) is 0 Å². The third-order valence-electron chi connectivity index (χ3n) is 0.997. The molecule has 1 heterocycles. The Labute approximate surface area is 53.1 Å². The van der Waals surface area contributed by atoms with E-state index in [2.05, 4.69) is 19.1 Å². The summed E-state index contributed by atoms with van der Waals surface area (Å²) >= 11 is 1.76. The summed E-state index contributed by atoms with van der Waals surface area (Å²) in [6.45, 7) is 2.77. The molecule has 2 N–H and O–H groups in total. The summed E-state index contributed by atoms with van der Waals surface area (Å²) in [6.07, 6.45) is 0. The Morgan fingerprint density at radius 1 is 1.62 bits per heavy atom. The fourth-order valence-electron chi connectivity index (χ4n) is 0.595. The van der Waals surface area contributed by atoms with Gasteiger partial charge < -0.3 is 5.73 Å². The van der Waals surface area contributed by atoms with Gasteiger partial charge in [-0.05, 0) is 19.1 Å². The number of rotatable bonds is 1. The van der Waals surface area contributed by atoms with E-state index in [9.17, 15) is 0 Å². The number of aryl methyl sites for hydroxylation is 1. The highest BCUT2D eigenvalue weighted by atomic mass is 32.1. The summed E-state index contributed by atoms with van der Waals surface area (Å²) in [5.41, 5.74) is 5.37. The molecule has 1 aromatic heterocycles. The fraction of sp³-hybridized carbons (Fsp3) is 0.333. The zero-order chi connectivity index (χ0) is 5.98. The van der Waals surface area contributed by atoms with Crippen molar-refractivity contribution in [3.8, 4) is 0 Å². The van der Waals surface area contributed by atoms with Crippen LogP contribution < -0.4 is 5.73 Å². The van der Waals surface area contributed by atoms with Gasteiger partial charge in [0, 0.05) is 16.3 Å². The number of thiophene rings is 1. The Kier molecular flexibility index (Phi) is 1.65. The first-order valence-corrected chi connectivity index (χ1v) is 3.40. The van der Waals surface area contributed by atoms with Crippen LogP contribution in [-0.4, -0.2) is 0 Å². The Balaban J connectivity index is 2.84. The molecule has 0 spiro atoms. The molecular formula is C6H9NS. The van der Waals surface area contributed by atoms with Gasteiger partial charge in [-0.25, -0.2) is 0 Å². The molecule has 2 heteroatoms. The second-order valence-electron chi connectivity index (χ2n) is 1.72. The molecule has 1 rings (SSSR count). The van der Waals surface area contributed by atoms with E-state index in [4.69, 9.17) is 5.73 Å². The Hall–Kier alpha value is -0.340. The smallest absolute Gasteiger partial charge is 0.0273 e. The number of hydrogen-bond acceptors (Lipinski definition) is 2. The molecule has 0 bridgehead atoms. The summed E-state index contributed by atoms with van der Waals surface area (Å²) in [6, 6.07) is 4.16. The van der Waals surface area contributed by atoms with Crippen LogP contribution in [0.1, 0.15) is 9.75 Å². The predicted octanol–water partition coefficient (Wildman–Crippen LogP) is 1.52. The second kappa shape index (κ2) is 2.29. The van der Waals surface area contributed by atoms with Crippen LogP contribution in [-0.2, 0) is 6.54 Å². The van der Waals surface area contributed by atoms with Gasteiger partial charge >= 0.3 is 0 Å². The van der Waals surface area contributed by atoms with Crippen LogP contribution in [0.3, 0.4) is 0 Å². The molecule has 0 atom stereocenters. The zero-order valence-corrected chi connectivity index (χ0v) is 5.66. The van der Waals surface area contributed by atoms with Gasteiger partial charge in [0.15, 0.2) is 0 Å². The van der Waals surface area contributed by atoms with Crippen LogP contribution in [0.2, 0.25) is 0 Å². The van der Waals surface area contributed by atoms with Gasteiger partial charge in [0.1, 0.15) is 0 Å². The van der Waals surface area contributed by atoms with Crippen molar-refractivity contribution in [3.05, 3.63) is 21.9 Å². The molecule has 0 amide bonds. The van der Waals surface area contributed by atoms with Gasteiger partial charge in [-0.15, -0.1) is 11.3 Å². The zero-order valence-electron chi connectivity index (χ0n) is 4.85. The third-order valence-corrected chi connectivity index (χ3v) is 2.02. The van der Waals surface area contributed by atoms with Gasteiger partial charge in [0.05, 0.1) is 0 Å². The maximum Gasteiger partial charge on any atom is 0.0273 e. The summed E-state index contributed by atoms with van der Waals surface area (Å²) in [7, 11) is 0. The maximum atomic E-state index is 5.37. The highest BCUT2D eigenvalue weighted by Crippen LogP contribution is 2.13. The fourth-order valence-corrected chi connectivity index (χ4v) is 1.36. The van der Waals surface area contributed by atoms with Crippen LogP contribution in [0.4, 0.5) is 0 Å². The quantitative estimate of drug-likeness (QED) is 0.608. The van der Waals surface area contributed by atoms with Crippen molar-refractivity contribution in [2.75, 3.05) is 0 Å². The lowest BCUT2D eigenvalue weighted by Gasteiger charge is -1.81. The van der Waals surface area contributed by atoms with E-state index < -0.39 is 0 Å². The minimum Gasteiger partial charge on any atom is -0.326 e. The van der Waals surface area contributed by atoms with Gasteiger partial charge in [-0.2, -0.15) is 0 Å². The van der Waals surface area contributed by atoms with Gasteiger partial charge in [0.2, 0.25) is 0 Å². The number of hydrogen-bond donors (Lipinski definition) is 1. The van der Waals surface area contributed by atoms with Crippen LogP contribution in [0.5, 0.6) is 0 Å². The normalized spacial score (nSPS) is 9.75. The van der Waals surface area contributed by atoms with Crippen LogP contribution >= 0.6 is 11.3 Å². The highest BCUT2D eigenvalue weighted by Gasteiger charge is 1.89. The lowest BCUT2D eigenvalue weighted by molar-refractivity contribution is 1.11. The maximum absolute atomic E-state index is 5.37. The summed E-state index contributed by atoms with van der Waals surface area (Å²) in [4.78, 5) is 2.60. The number of nitrogens with two attached hydrogens (primary N) is 1. The molecule has 0 saturated carbocycles. The van der Waals surface area contributed by atoms with Crippen molar-refractivity contribution in [3.63, 3.8) is 0 Å². The topological polar surface area (TPSA) is 26.0 Å². The molecule has 8 heavy (non-hydrogen) atoms. The van der Waals surface area contributed by atoms with E-state index in [0.717, 1.165) is 0 Å². The third kappa shape index (κ3) is 1.08. The van der Waals surface area contributed by atoms with E-state index in [1.165, 1.54) is 9.75 Å². The van der Waals surface area contributed by atoms with Crippen molar-refractivity contribution < 1.29 is 0 Å². The monoisotopic (exact) mass is 127 g/mol. The summed E-state index contributed by atoms with van der Waals surface area (Å²) < 4.78 is 0. The average Bonchev–Trinajstić information content (AvgIpc) is 2.14. The molecular weight excluding hydrogens is 118 g/mol. The van der Waals surface area contributed by atoms with Crippen molar-refractivity contribution >= 4 is 11.3 Å². The molecule has 0 aromatic carbocycles. The Bertz CT molecular complexity index is 169. The molecule has 1 nitrogen and oxygen atoms in total. The van der Waals surface area contributed by atoms with Gasteiger partial charge in [-0.3, -0.25) is 0 Å². The predicted molar refractivity (Wildman–Crippen MR) is 36.9 cm³/mol. The largest absolute Gasteiger partial charge is 0.326 e. The SMILES string of the molecule is Cc1ccc(CN)s1. The van der Waals surface area contributed by atoms with Crippen LogP contribution in [0.25, 0.3) is 0 Å². The molecule has 0 saturated heterocycles. The van der Waals surface area contributed by atoms with Crippen molar-refractivity contribution in [2.24, 2.45) is 5.73 Å². The van der Waals surface area contributed by atoms with E-state index in [1.54, 1.807) is 11.3 Å². The van der Waals surface area contributed by atoms with E-state index in [0.29, 0.717) is 6.54 Å². The summed E-state index contributed by atoms with van der Waals surface area (Å²) in [5, 5.41) is 0. The molecule has 0 unspecified atom stereocenters. The van der Waals surface area contributed by atoms with Gasteiger partial charge in [0.25, 0.3) is 0 Å². The lowest BCUT2D eigenvalue weighted by atomic mass is 10.4. The first-order chi connectivity index (χ1) is 3.83. The second-order valence-corrected chi connectivity index (χ2v) is 3.09. The molecule has 0 aliphatic heterocycles. The first kappa shape index (κ1) is 5.79. The molecule has 0 fully saturated rings. The molecule has 1 aromatic rings. The minimum atomic E-state index is 0.679. The van der Waals surface area contributed by atoms with Crippen molar-refractivity contribution in [1.29, 1.82) is 0 Å². The lowest BCUT2D eigenvalue weighted by Crippen LogP contribution is -1.90. The summed E-state index contributed by atoms with van der Waals surface area (Å²) in [5.74, 6) is 0. The van der Waals surface area contributed by atoms with E-state index >= 15 is 0 Å². The van der Waals surface area contributed by atoms with E-state index in [1.807, 2.05) is 0 Å². The standard InChI is InChI=1S/C6H9NS/c1-5-2-3-6(4-7)8-5/h2-3H,4,7H2,1H3. The highest BCUT2D eigenvalue weighted by molar-refractivity contribution is 7.11. The molecule has 0 aliphatic carbocycles. The molecule has 44 valence electrons. The van der Waals surface area contributed by atoms with Crippen LogP contribution in [0, 0.1) is 6.92 Å². The van der Waals surface area contributed by atoms with Crippen LogP contribution in [0.15, 0.2) is 12.1 Å². The minimum absolute atomic E-state index is 0.679. The molecule has 0 radical (unpaired) electrons. The average molecular weight is 127 g/mol. The molecule has 0 aliphatic rings. The Morgan fingerprint density at radius 3 is 2.62 bits per heavy atom.